The molecule has 0 unspecified atom stereocenters. The molecule has 0 saturated carbocycles. The number of hydrogen-bond acceptors (Lipinski definition) is 5. The summed E-state index contributed by atoms with van der Waals surface area (Å²) in [5, 5.41) is 4.75. The largest absolute Gasteiger partial charge is 0.347 e. The first-order valence-electron chi connectivity index (χ1n) is 5.60. The number of amides is 1. The average Bonchev–Trinajstić information content (AvgIpc) is 2.91. The van der Waals surface area contributed by atoms with E-state index in [1.807, 2.05) is 11.4 Å². The van der Waals surface area contributed by atoms with Crippen LogP contribution in [0.3, 0.4) is 0 Å². The lowest BCUT2D eigenvalue weighted by Crippen LogP contribution is -2.22. The molecule has 2 rings (SSSR count). The first-order valence-corrected chi connectivity index (χ1v) is 6.47. The second-order valence-electron chi connectivity index (χ2n) is 3.57. The topological polar surface area (TPSA) is 80.9 Å². The summed E-state index contributed by atoms with van der Waals surface area (Å²) in [6, 6.07) is 1.92. The molecule has 2 aromatic rings. The van der Waals surface area contributed by atoms with Crippen LogP contribution < -0.4 is 11.1 Å². The molecular formula is C13H12N4OS. The normalized spacial score (nSPS) is 9.53. The maximum atomic E-state index is 11.8. The van der Waals surface area contributed by atoms with Gasteiger partial charge in [0, 0.05) is 22.8 Å². The van der Waals surface area contributed by atoms with Gasteiger partial charge in [0.25, 0.3) is 5.91 Å². The van der Waals surface area contributed by atoms with Gasteiger partial charge in [-0.05, 0) is 11.4 Å². The molecule has 0 spiro atoms. The first-order chi connectivity index (χ1) is 9.31. The SMILES string of the molecule is NCC#Cc1ccsc1CNC(=O)c1cncnc1. The van der Waals surface area contributed by atoms with Gasteiger partial charge in [0.2, 0.25) is 0 Å². The van der Waals surface area contributed by atoms with Crippen molar-refractivity contribution < 1.29 is 4.79 Å². The highest BCUT2D eigenvalue weighted by molar-refractivity contribution is 7.10. The minimum atomic E-state index is -0.202. The number of hydrogen-bond donors (Lipinski definition) is 2. The van der Waals surface area contributed by atoms with Gasteiger partial charge in [0.05, 0.1) is 18.7 Å². The minimum Gasteiger partial charge on any atom is -0.347 e. The van der Waals surface area contributed by atoms with Gasteiger partial charge in [0.15, 0.2) is 0 Å². The minimum absolute atomic E-state index is 0.202. The molecule has 19 heavy (non-hydrogen) atoms. The highest BCUT2D eigenvalue weighted by Crippen LogP contribution is 2.15. The van der Waals surface area contributed by atoms with Crippen LogP contribution in [0.5, 0.6) is 0 Å². The third kappa shape index (κ3) is 3.61. The molecular weight excluding hydrogens is 260 g/mol. The van der Waals surface area contributed by atoms with Gasteiger partial charge in [-0.2, -0.15) is 0 Å². The maximum Gasteiger partial charge on any atom is 0.254 e. The second-order valence-corrected chi connectivity index (χ2v) is 4.57. The monoisotopic (exact) mass is 272 g/mol. The van der Waals surface area contributed by atoms with E-state index in [1.165, 1.54) is 18.7 Å². The summed E-state index contributed by atoms with van der Waals surface area (Å²) < 4.78 is 0. The van der Waals surface area contributed by atoms with Gasteiger partial charge in [-0.3, -0.25) is 4.79 Å². The Hall–Kier alpha value is -2.23. The van der Waals surface area contributed by atoms with Crippen LogP contribution in [0.25, 0.3) is 0 Å². The summed E-state index contributed by atoms with van der Waals surface area (Å²) in [4.78, 5) is 20.4. The van der Waals surface area contributed by atoms with E-state index in [2.05, 4.69) is 27.1 Å². The van der Waals surface area contributed by atoms with Crippen molar-refractivity contribution >= 4 is 17.2 Å². The van der Waals surface area contributed by atoms with Crippen molar-refractivity contribution in [3.63, 3.8) is 0 Å². The number of nitrogens with two attached hydrogens (primary N) is 1. The van der Waals surface area contributed by atoms with Crippen LogP contribution in [0, 0.1) is 11.8 Å². The van der Waals surface area contributed by atoms with Crippen molar-refractivity contribution in [1.29, 1.82) is 0 Å². The molecule has 3 N–H and O–H groups in total. The van der Waals surface area contributed by atoms with Crippen LogP contribution in [-0.4, -0.2) is 22.4 Å². The summed E-state index contributed by atoms with van der Waals surface area (Å²) in [5.74, 6) is 5.58. The van der Waals surface area contributed by atoms with Crippen molar-refractivity contribution in [2.24, 2.45) is 5.73 Å². The maximum absolute atomic E-state index is 11.8. The van der Waals surface area contributed by atoms with Crippen molar-refractivity contribution in [3.05, 3.63) is 46.2 Å². The number of aromatic nitrogens is 2. The van der Waals surface area contributed by atoms with E-state index in [0.29, 0.717) is 18.7 Å². The summed E-state index contributed by atoms with van der Waals surface area (Å²) in [6.45, 7) is 0.753. The van der Waals surface area contributed by atoms with Gasteiger partial charge in [-0.1, -0.05) is 11.8 Å². The Bertz CT molecular complexity index is 612. The van der Waals surface area contributed by atoms with Crippen molar-refractivity contribution in [3.8, 4) is 11.8 Å². The molecule has 0 aliphatic heterocycles. The molecule has 0 aliphatic carbocycles. The molecule has 0 radical (unpaired) electrons. The van der Waals surface area contributed by atoms with Crippen LogP contribution in [0.1, 0.15) is 20.8 Å². The lowest BCUT2D eigenvalue weighted by Gasteiger charge is -2.03. The molecule has 1 amide bonds. The number of nitrogens with zero attached hydrogens (tertiary/aromatic N) is 2. The highest BCUT2D eigenvalue weighted by Gasteiger charge is 2.07. The smallest absolute Gasteiger partial charge is 0.254 e. The van der Waals surface area contributed by atoms with Gasteiger partial charge < -0.3 is 11.1 Å². The zero-order chi connectivity index (χ0) is 13.5. The van der Waals surface area contributed by atoms with E-state index in [4.69, 9.17) is 5.73 Å². The van der Waals surface area contributed by atoms with Crippen LogP contribution >= 0.6 is 11.3 Å². The van der Waals surface area contributed by atoms with E-state index in [0.717, 1.165) is 10.4 Å². The summed E-state index contributed by atoms with van der Waals surface area (Å²) >= 11 is 1.55. The van der Waals surface area contributed by atoms with Crippen molar-refractivity contribution in [2.75, 3.05) is 6.54 Å². The fourth-order valence-electron chi connectivity index (χ4n) is 1.41. The lowest BCUT2D eigenvalue weighted by molar-refractivity contribution is 0.0950. The Morgan fingerprint density at radius 1 is 1.42 bits per heavy atom. The molecule has 0 aromatic carbocycles. The molecule has 2 heterocycles. The van der Waals surface area contributed by atoms with E-state index in [9.17, 15) is 4.79 Å². The first kappa shape index (κ1) is 13.2. The molecule has 0 atom stereocenters. The molecule has 0 aliphatic rings. The van der Waals surface area contributed by atoms with Crippen molar-refractivity contribution in [1.82, 2.24) is 15.3 Å². The summed E-state index contributed by atoms with van der Waals surface area (Å²) in [5.41, 5.74) is 6.68. The Kier molecular flexibility index (Phi) is 4.61. The summed E-state index contributed by atoms with van der Waals surface area (Å²) in [6.07, 6.45) is 4.34. The average molecular weight is 272 g/mol. The fourth-order valence-corrected chi connectivity index (χ4v) is 2.18. The van der Waals surface area contributed by atoms with E-state index >= 15 is 0 Å². The number of carbonyl (C=O) groups excluding carboxylic acids is 1. The molecule has 0 saturated heterocycles. The Balaban J connectivity index is 2.00. The third-order valence-electron chi connectivity index (χ3n) is 2.30. The molecule has 0 bridgehead atoms. The Labute approximate surface area is 114 Å². The third-order valence-corrected chi connectivity index (χ3v) is 3.22. The quantitative estimate of drug-likeness (QED) is 0.809. The molecule has 0 fully saturated rings. The van der Waals surface area contributed by atoms with E-state index in [-0.39, 0.29) is 5.91 Å². The summed E-state index contributed by atoms with van der Waals surface area (Å²) in [7, 11) is 0. The molecule has 5 nitrogen and oxygen atoms in total. The second kappa shape index (κ2) is 6.64. The fraction of sp³-hybridized carbons (Fsp3) is 0.154. The predicted molar refractivity (Wildman–Crippen MR) is 73.5 cm³/mol. The number of thiophene rings is 1. The standard InChI is InChI=1S/C13H12N4OS/c14-4-1-2-10-3-5-19-12(10)8-17-13(18)11-6-15-9-16-7-11/h3,5-7,9H,4,8,14H2,(H,17,18). The van der Waals surface area contributed by atoms with Crippen molar-refractivity contribution in [2.45, 2.75) is 6.54 Å². The Morgan fingerprint density at radius 3 is 2.95 bits per heavy atom. The van der Waals surface area contributed by atoms with Crippen LogP contribution in [0.15, 0.2) is 30.2 Å². The lowest BCUT2D eigenvalue weighted by atomic mass is 10.2. The highest BCUT2D eigenvalue weighted by atomic mass is 32.1. The number of nitrogens with one attached hydrogen (secondary N) is 1. The van der Waals surface area contributed by atoms with E-state index in [1.54, 1.807) is 11.3 Å². The van der Waals surface area contributed by atoms with Crippen LogP contribution in [0.4, 0.5) is 0 Å². The van der Waals surface area contributed by atoms with Gasteiger partial charge in [-0.15, -0.1) is 11.3 Å². The van der Waals surface area contributed by atoms with Gasteiger partial charge in [0.1, 0.15) is 6.33 Å². The Morgan fingerprint density at radius 2 is 2.21 bits per heavy atom. The van der Waals surface area contributed by atoms with Crippen LogP contribution in [-0.2, 0) is 6.54 Å². The number of rotatable bonds is 3. The zero-order valence-corrected chi connectivity index (χ0v) is 10.9. The van der Waals surface area contributed by atoms with E-state index < -0.39 is 0 Å². The molecule has 6 heteroatoms. The van der Waals surface area contributed by atoms with Gasteiger partial charge >= 0.3 is 0 Å². The number of carbonyl (C=O) groups is 1. The van der Waals surface area contributed by atoms with Gasteiger partial charge in [-0.25, -0.2) is 9.97 Å². The predicted octanol–water partition coefficient (Wildman–Crippen LogP) is 0.778. The molecule has 96 valence electrons. The molecule has 2 aromatic heterocycles. The van der Waals surface area contributed by atoms with Crippen LogP contribution in [0.2, 0.25) is 0 Å². The zero-order valence-electron chi connectivity index (χ0n) is 10.1.